The lowest BCUT2D eigenvalue weighted by molar-refractivity contribution is 0.112. The Balaban J connectivity index is 2.08. The molecule has 0 atom stereocenters. The normalized spacial score (nSPS) is 11.6. The van der Waals surface area contributed by atoms with Crippen molar-refractivity contribution in [2.24, 2.45) is 5.92 Å². The molecule has 156 valence electrons. The van der Waals surface area contributed by atoms with E-state index in [9.17, 15) is 4.79 Å². The number of para-hydroxylation sites is 1. The van der Waals surface area contributed by atoms with E-state index < -0.39 is 0 Å². The lowest BCUT2D eigenvalue weighted by Gasteiger charge is -2.15. The van der Waals surface area contributed by atoms with Crippen LogP contribution in [0.4, 0.5) is 5.69 Å². The number of hydrogen-bond acceptors (Lipinski definition) is 3. The van der Waals surface area contributed by atoms with Crippen molar-refractivity contribution in [1.29, 1.82) is 0 Å². The second-order valence-corrected chi connectivity index (χ2v) is 7.32. The smallest absolute Gasteiger partial charge is 0.150 e. The minimum absolute atomic E-state index is 0.434. The van der Waals surface area contributed by atoms with Crippen LogP contribution in [-0.2, 0) is 6.54 Å². The number of rotatable bonds is 12. The number of carbonyl (C=O) groups excluding carboxylic acids is 1. The predicted molar refractivity (Wildman–Crippen MR) is 128 cm³/mol. The number of aldehydes is 1. The molecule has 3 nitrogen and oxygen atoms in total. The number of carbonyl (C=O) groups is 1. The summed E-state index contributed by atoms with van der Waals surface area (Å²) in [6, 6.07) is 13.7. The zero-order chi connectivity index (χ0) is 21.6. The fourth-order valence-corrected chi connectivity index (χ4v) is 2.78. The number of allylic oxidation sites excluding steroid dienone is 6. The summed E-state index contributed by atoms with van der Waals surface area (Å²) in [5.74, 6) is 1.25. The highest BCUT2D eigenvalue weighted by Crippen LogP contribution is 2.24. The van der Waals surface area contributed by atoms with E-state index in [1.165, 1.54) is 0 Å². The molecule has 0 saturated heterocycles. The molecule has 3 heteroatoms. The summed E-state index contributed by atoms with van der Waals surface area (Å²) >= 11 is 0. The van der Waals surface area contributed by atoms with Gasteiger partial charge in [-0.2, -0.15) is 0 Å². The summed E-state index contributed by atoms with van der Waals surface area (Å²) in [5, 5.41) is 3.49. The van der Waals surface area contributed by atoms with Crippen LogP contribution >= 0.6 is 0 Å². The Morgan fingerprint density at radius 1 is 1.07 bits per heavy atom. The van der Waals surface area contributed by atoms with Crippen LogP contribution in [0.5, 0.6) is 5.75 Å². The first-order valence-corrected chi connectivity index (χ1v) is 10.3. The van der Waals surface area contributed by atoms with Crippen LogP contribution in [0.3, 0.4) is 0 Å². The number of ether oxygens (including phenoxy) is 1. The van der Waals surface area contributed by atoms with E-state index >= 15 is 0 Å². The van der Waals surface area contributed by atoms with Gasteiger partial charge in [0.05, 0.1) is 6.61 Å². The molecule has 0 aliphatic rings. The average molecular weight is 402 g/mol. The summed E-state index contributed by atoms with van der Waals surface area (Å²) in [6.07, 6.45) is 15.7. The Morgan fingerprint density at radius 2 is 1.90 bits per heavy atom. The van der Waals surface area contributed by atoms with Gasteiger partial charge in [-0.3, -0.25) is 4.79 Å². The molecule has 0 aromatic heterocycles. The van der Waals surface area contributed by atoms with Gasteiger partial charge in [-0.05, 0) is 42.2 Å². The minimum atomic E-state index is 0.434. The van der Waals surface area contributed by atoms with E-state index in [-0.39, 0.29) is 0 Å². The van der Waals surface area contributed by atoms with Crippen molar-refractivity contribution in [3.63, 3.8) is 0 Å². The molecule has 30 heavy (non-hydrogen) atoms. The van der Waals surface area contributed by atoms with E-state index in [2.05, 4.69) is 56.1 Å². The van der Waals surface area contributed by atoms with Crippen molar-refractivity contribution in [2.75, 3.05) is 11.9 Å². The highest BCUT2D eigenvalue weighted by molar-refractivity contribution is 5.76. The number of anilines is 1. The Hall–Kier alpha value is -3.33. The van der Waals surface area contributed by atoms with Crippen LogP contribution in [0.25, 0.3) is 6.08 Å². The highest BCUT2D eigenvalue weighted by Gasteiger charge is 2.08. The maximum absolute atomic E-state index is 11.2. The van der Waals surface area contributed by atoms with Crippen molar-refractivity contribution in [3.8, 4) is 5.75 Å². The van der Waals surface area contributed by atoms with E-state index in [4.69, 9.17) is 4.74 Å². The topological polar surface area (TPSA) is 38.3 Å². The van der Waals surface area contributed by atoms with Gasteiger partial charge in [0.1, 0.15) is 12.0 Å². The van der Waals surface area contributed by atoms with Crippen LogP contribution in [0.1, 0.15) is 41.8 Å². The highest BCUT2D eigenvalue weighted by atomic mass is 16.5. The van der Waals surface area contributed by atoms with Gasteiger partial charge in [-0.25, -0.2) is 0 Å². The quantitative estimate of drug-likeness (QED) is 0.312. The summed E-state index contributed by atoms with van der Waals surface area (Å²) < 4.78 is 5.95. The fraction of sp³-hybridized carbons (Fsp3) is 0.222. The molecule has 0 unspecified atom stereocenters. The molecule has 0 spiro atoms. The summed E-state index contributed by atoms with van der Waals surface area (Å²) in [5.41, 5.74) is 3.77. The van der Waals surface area contributed by atoms with Crippen molar-refractivity contribution < 1.29 is 9.53 Å². The van der Waals surface area contributed by atoms with Crippen LogP contribution in [0, 0.1) is 5.92 Å². The van der Waals surface area contributed by atoms with E-state index in [0.29, 0.717) is 24.6 Å². The first-order valence-electron chi connectivity index (χ1n) is 10.3. The van der Waals surface area contributed by atoms with Crippen LogP contribution in [0.15, 0.2) is 85.5 Å². The molecule has 2 aromatic rings. The second kappa shape index (κ2) is 13.0. The maximum Gasteiger partial charge on any atom is 0.150 e. The van der Waals surface area contributed by atoms with Crippen LogP contribution in [-0.4, -0.2) is 12.9 Å². The molecule has 0 aliphatic heterocycles. The minimum Gasteiger partial charge on any atom is -0.493 e. The lowest BCUT2D eigenvalue weighted by Crippen LogP contribution is -2.09. The van der Waals surface area contributed by atoms with Gasteiger partial charge in [0.2, 0.25) is 0 Å². The molecule has 0 bridgehead atoms. The molecule has 0 fully saturated rings. The van der Waals surface area contributed by atoms with Gasteiger partial charge >= 0.3 is 0 Å². The van der Waals surface area contributed by atoms with E-state index in [1.54, 1.807) is 12.1 Å². The van der Waals surface area contributed by atoms with Gasteiger partial charge in [0, 0.05) is 23.4 Å². The van der Waals surface area contributed by atoms with Gasteiger partial charge in [-0.1, -0.05) is 81.2 Å². The van der Waals surface area contributed by atoms with Crippen molar-refractivity contribution in [2.45, 2.75) is 26.8 Å². The summed E-state index contributed by atoms with van der Waals surface area (Å²) in [4.78, 5) is 11.2. The maximum atomic E-state index is 11.2. The zero-order valence-electron chi connectivity index (χ0n) is 17.9. The first kappa shape index (κ1) is 23.0. The second-order valence-electron chi connectivity index (χ2n) is 7.32. The van der Waals surface area contributed by atoms with Crippen molar-refractivity contribution >= 4 is 18.0 Å². The van der Waals surface area contributed by atoms with Gasteiger partial charge in [0.25, 0.3) is 0 Å². The zero-order valence-corrected chi connectivity index (χ0v) is 17.9. The SMILES string of the molecule is C=C/C=C\C=C/C/C=C/c1ccccc1NCc1cc(C=O)ccc1OCC(C)C. The number of nitrogens with one attached hydrogen (secondary N) is 1. The van der Waals surface area contributed by atoms with Gasteiger partial charge in [-0.15, -0.1) is 0 Å². The lowest BCUT2D eigenvalue weighted by atomic mass is 10.1. The molecular weight excluding hydrogens is 370 g/mol. The average Bonchev–Trinajstić information content (AvgIpc) is 2.76. The molecule has 1 N–H and O–H groups in total. The third-order valence-electron chi connectivity index (χ3n) is 4.29. The first-order chi connectivity index (χ1) is 14.6. The van der Waals surface area contributed by atoms with Crippen LogP contribution < -0.4 is 10.1 Å². The standard InChI is InChI=1S/C27H31NO2/c1-4-5-6-7-8-9-10-13-24-14-11-12-15-26(24)28-19-25-18-23(20-29)16-17-27(25)30-21-22(2)3/h4-8,10-18,20,22,28H,1,9,19,21H2,2-3H3/b6-5-,8-7-,13-10+. The molecular formula is C27H31NO2. The summed E-state index contributed by atoms with van der Waals surface area (Å²) in [7, 11) is 0. The fourth-order valence-electron chi connectivity index (χ4n) is 2.78. The Kier molecular flexibility index (Phi) is 9.94. The summed E-state index contributed by atoms with van der Waals surface area (Å²) in [6.45, 7) is 9.10. The van der Waals surface area contributed by atoms with Crippen molar-refractivity contribution in [3.05, 3.63) is 102 Å². The Bertz CT molecular complexity index is 907. The molecule has 0 radical (unpaired) electrons. The van der Waals surface area contributed by atoms with Crippen molar-refractivity contribution in [1.82, 2.24) is 0 Å². The Morgan fingerprint density at radius 3 is 2.67 bits per heavy atom. The molecule has 0 saturated carbocycles. The number of hydrogen-bond donors (Lipinski definition) is 1. The molecule has 2 rings (SSSR count). The molecule has 0 heterocycles. The molecule has 0 aliphatic carbocycles. The third kappa shape index (κ3) is 7.96. The largest absolute Gasteiger partial charge is 0.493 e. The van der Waals surface area contributed by atoms with E-state index in [1.807, 2.05) is 42.5 Å². The van der Waals surface area contributed by atoms with E-state index in [0.717, 1.165) is 35.3 Å². The van der Waals surface area contributed by atoms with Gasteiger partial charge < -0.3 is 10.1 Å². The van der Waals surface area contributed by atoms with Crippen LogP contribution in [0.2, 0.25) is 0 Å². The Labute approximate surface area is 180 Å². The molecule has 0 amide bonds. The number of benzene rings is 2. The monoisotopic (exact) mass is 401 g/mol. The third-order valence-corrected chi connectivity index (χ3v) is 4.29. The van der Waals surface area contributed by atoms with Gasteiger partial charge in [0.15, 0.2) is 0 Å². The predicted octanol–water partition coefficient (Wildman–Crippen LogP) is 6.85. The molecule has 2 aromatic carbocycles.